The molecule has 2 unspecified atom stereocenters. The number of benzene rings is 2. The van der Waals surface area contributed by atoms with Gasteiger partial charge in [0.15, 0.2) is 0 Å². The summed E-state index contributed by atoms with van der Waals surface area (Å²) in [5.74, 6) is 0. The van der Waals surface area contributed by atoms with Crippen molar-refractivity contribution in [3.63, 3.8) is 0 Å². The summed E-state index contributed by atoms with van der Waals surface area (Å²) in [6.07, 6.45) is 2.88. The molecule has 2 aromatic rings. The van der Waals surface area contributed by atoms with E-state index in [1.807, 2.05) is 36.4 Å². The van der Waals surface area contributed by atoms with E-state index in [2.05, 4.69) is 38.1 Å². The largest absolute Gasteiger partial charge is 0.135 e. The van der Waals surface area contributed by atoms with Crippen LogP contribution < -0.4 is 0 Å². The van der Waals surface area contributed by atoms with E-state index in [1.165, 1.54) is 5.06 Å². The van der Waals surface area contributed by atoms with Crippen LogP contribution in [0, 0.1) is 0 Å². The number of hydrogen-bond acceptors (Lipinski definition) is 1. The summed E-state index contributed by atoms with van der Waals surface area (Å²) in [4.78, 5) is 0. The number of hydroxylamine groups is 2. The lowest BCUT2D eigenvalue weighted by Crippen LogP contribution is -2.55. The zero-order chi connectivity index (χ0) is 14.9. The number of nitrogens with zero attached hydrogens (tertiary/aromatic N) is 1. The lowest BCUT2D eigenvalue weighted by atomic mass is 9.74. The van der Waals surface area contributed by atoms with Gasteiger partial charge in [0.1, 0.15) is 0 Å². The van der Waals surface area contributed by atoms with Gasteiger partial charge in [-0.1, -0.05) is 60.7 Å². The van der Waals surface area contributed by atoms with Crippen molar-refractivity contribution in [2.24, 2.45) is 0 Å². The van der Waals surface area contributed by atoms with Gasteiger partial charge in [-0.2, -0.15) is 0 Å². The maximum absolute atomic E-state index is 13.3. The molecule has 0 spiro atoms. The molecule has 1 radical (unpaired) electrons. The minimum Gasteiger partial charge on any atom is -0.135 e. The fraction of sp³-hybridized carbons (Fsp3) is 0.368. The molecule has 0 saturated carbocycles. The third-order valence-corrected chi connectivity index (χ3v) is 5.02. The number of hydrogen-bond donors (Lipinski definition) is 0. The summed E-state index contributed by atoms with van der Waals surface area (Å²) < 4.78 is 0. The van der Waals surface area contributed by atoms with Gasteiger partial charge in [0.2, 0.25) is 0 Å². The first kappa shape index (κ1) is 14.3. The Morgan fingerprint density at radius 3 is 1.52 bits per heavy atom. The van der Waals surface area contributed by atoms with E-state index in [4.69, 9.17) is 0 Å². The van der Waals surface area contributed by atoms with Crippen LogP contribution in [-0.4, -0.2) is 5.06 Å². The molecule has 0 aliphatic carbocycles. The van der Waals surface area contributed by atoms with Crippen molar-refractivity contribution in [2.75, 3.05) is 0 Å². The van der Waals surface area contributed by atoms with Crippen LogP contribution in [0.2, 0.25) is 0 Å². The Labute approximate surface area is 127 Å². The standard InChI is InChI=1S/C19H22NO/c1-18(16-10-5-3-6-11-16)14-9-15-19(2,20(18)21)17-12-7-4-8-13-17/h3-8,10-13H,9,14-15H2,1-2H3. The van der Waals surface area contributed by atoms with E-state index < -0.39 is 11.1 Å². The lowest BCUT2D eigenvalue weighted by Gasteiger charge is -2.50. The molecule has 0 aromatic heterocycles. The predicted molar refractivity (Wildman–Crippen MR) is 84.0 cm³/mol. The van der Waals surface area contributed by atoms with Gasteiger partial charge < -0.3 is 0 Å². The normalized spacial score (nSPS) is 30.2. The van der Waals surface area contributed by atoms with Crippen LogP contribution in [0.4, 0.5) is 0 Å². The Balaban J connectivity index is 2.03. The highest BCUT2D eigenvalue weighted by molar-refractivity contribution is 5.29. The average molecular weight is 280 g/mol. The van der Waals surface area contributed by atoms with Gasteiger partial charge in [0.05, 0.1) is 11.1 Å². The first-order valence-corrected chi connectivity index (χ1v) is 7.66. The van der Waals surface area contributed by atoms with E-state index >= 15 is 0 Å². The zero-order valence-electron chi connectivity index (χ0n) is 12.8. The highest BCUT2D eigenvalue weighted by Gasteiger charge is 2.49. The van der Waals surface area contributed by atoms with Gasteiger partial charge in [-0.3, -0.25) is 0 Å². The predicted octanol–water partition coefficient (Wildman–Crippen LogP) is 4.65. The van der Waals surface area contributed by atoms with Gasteiger partial charge >= 0.3 is 0 Å². The Bertz CT molecular complexity index is 544. The summed E-state index contributed by atoms with van der Waals surface area (Å²) in [6.45, 7) is 4.16. The maximum atomic E-state index is 13.3. The number of rotatable bonds is 2. The Morgan fingerprint density at radius 1 is 0.762 bits per heavy atom. The monoisotopic (exact) mass is 280 g/mol. The van der Waals surface area contributed by atoms with Crippen LogP contribution in [0.5, 0.6) is 0 Å². The topological polar surface area (TPSA) is 23.1 Å². The molecule has 0 N–H and O–H groups in total. The molecular weight excluding hydrogens is 258 g/mol. The quantitative estimate of drug-likeness (QED) is 0.785. The van der Waals surface area contributed by atoms with Gasteiger partial charge in [-0.15, -0.1) is 10.3 Å². The maximum Gasteiger partial charge on any atom is 0.0724 e. The van der Waals surface area contributed by atoms with Gasteiger partial charge in [-0.05, 0) is 44.2 Å². The van der Waals surface area contributed by atoms with Gasteiger partial charge in [0.25, 0.3) is 0 Å². The fourth-order valence-corrected chi connectivity index (χ4v) is 3.64. The minimum absolute atomic E-state index is 0.454. The molecule has 0 amide bonds. The molecule has 1 fully saturated rings. The molecule has 3 rings (SSSR count). The van der Waals surface area contributed by atoms with Gasteiger partial charge in [-0.25, -0.2) is 0 Å². The average Bonchev–Trinajstić information content (AvgIpc) is 2.54. The molecular formula is C19H22NO. The Hall–Kier alpha value is -1.64. The molecule has 1 aliphatic rings. The van der Waals surface area contributed by atoms with Crippen molar-refractivity contribution in [2.45, 2.75) is 44.2 Å². The molecule has 2 atom stereocenters. The minimum atomic E-state index is -0.454. The highest BCUT2D eigenvalue weighted by atomic mass is 16.5. The highest BCUT2D eigenvalue weighted by Crippen LogP contribution is 2.48. The lowest BCUT2D eigenvalue weighted by molar-refractivity contribution is -0.305. The van der Waals surface area contributed by atoms with E-state index in [1.54, 1.807) is 0 Å². The molecule has 21 heavy (non-hydrogen) atoms. The molecule has 109 valence electrons. The second kappa shape index (κ2) is 5.28. The van der Waals surface area contributed by atoms with Crippen LogP contribution in [0.3, 0.4) is 0 Å². The summed E-state index contributed by atoms with van der Waals surface area (Å²) >= 11 is 0. The van der Waals surface area contributed by atoms with Crippen molar-refractivity contribution < 1.29 is 5.21 Å². The van der Waals surface area contributed by atoms with Crippen molar-refractivity contribution >= 4 is 0 Å². The fourth-order valence-electron chi connectivity index (χ4n) is 3.64. The van der Waals surface area contributed by atoms with Crippen LogP contribution in [0.15, 0.2) is 60.7 Å². The Morgan fingerprint density at radius 2 is 1.14 bits per heavy atom. The molecule has 2 nitrogen and oxygen atoms in total. The molecule has 0 bridgehead atoms. The van der Waals surface area contributed by atoms with Crippen LogP contribution >= 0.6 is 0 Å². The SMILES string of the molecule is CC1(c2ccccc2)CCCC(C)(c2ccccc2)N1[O]. The second-order valence-corrected chi connectivity index (χ2v) is 6.43. The third-order valence-electron chi connectivity index (χ3n) is 5.02. The smallest absolute Gasteiger partial charge is 0.0724 e. The van der Waals surface area contributed by atoms with Crippen molar-refractivity contribution in [1.82, 2.24) is 5.06 Å². The molecule has 2 aromatic carbocycles. The second-order valence-electron chi connectivity index (χ2n) is 6.43. The van der Waals surface area contributed by atoms with Gasteiger partial charge in [0, 0.05) is 0 Å². The summed E-state index contributed by atoms with van der Waals surface area (Å²) in [5, 5.41) is 14.6. The molecule has 2 heteroatoms. The van der Waals surface area contributed by atoms with E-state index in [0.29, 0.717) is 0 Å². The first-order valence-electron chi connectivity index (χ1n) is 7.66. The molecule has 1 aliphatic heterocycles. The summed E-state index contributed by atoms with van der Waals surface area (Å²) in [5.41, 5.74) is 1.32. The van der Waals surface area contributed by atoms with Crippen molar-refractivity contribution in [3.05, 3.63) is 71.8 Å². The zero-order valence-corrected chi connectivity index (χ0v) is 12.8. The van der Waals surface area contributed by atoms with Crippen LogP contribution in [-0.2, 0) is 16.3 Å². The van der Waals surface area contributed by atoms with Crippen molar-refractivity contribution in [1.29, 1.82) is 0 Å². The van der Waals surface area contributed by atoms with Crippen LogP contribution in [0.1, 0.15) is 44.2 Å². The summed E-state index contributed by atoms with van der Waals surface area (Å²) in [7, 11) is 0. The third kappa shape index (κ3) is 2.29. The molecule has 1 heterocycles. The number of piperidine rings is 1. The first-order chi connectivity index (χ1) is 10.1. The van der Waals surface area contributed by atoms with E-state index in [-0.39, 0.29) is 0 Å². The molecule has 1 saturated heterocycles. The van der Waals surface area contributed by atoms with E-state index in [9.17, 15) is 5.21 Å². The van der Waals surface area contributed by atoms with E-state index in [0.717, 1.165) is 30.4 Å². The van der Waals surface area contributed by atoms with Crippen LogP contribution in [0.25, 0.3) is 0 Å². The summed E-state index contributed by atoms with van der Waals surface area (Å²) in [6, 6.07) is 20.4. The Kier molecular flexibility index (Phi) is 3.60. The van der Waals surface area contributed by atoms with Crippen molar-refractivity contribution in [3.8, 4) is 0 Å².